The van der Waals surface area contributed by atoms with Crippen LogP contribution in [0.25, 0.3) is 0 Å². The Balaban J connectivity index is 2.61. The van der Waals surface area contributed by atoms with Crippen molar-refractivity contribution in [1.29, 1.82) is 0 Å². The van der Waals surface area contributed by atoms with E-state index >= 15 is 0 Å². The summed E-state index contributed by atoms with van der Waals surface area (Å²) in [6.07, 6.45) is 6.12. The quantitative estimate of drug-likeness (QED) is 0.488. The molecule has 0 unspecified atom stereocenters. The van der Waals surface area contributed by atoms with Crippen LogP contribution in [0.4, 0.5) is 0 Å². The van der Waals surface area contributed by atoms with Crippen LogP contribution in [0.3, 0.4) is 0 Å². The number of allylic oxidation sites excluding steroid dienone is 2. The van der Waals surface area contributed by atoms with Crippen molar-refractivity contribution >= 4 is 5.71 Å². The first-order valence-electron chi connectivity index (χ1n) is 4.48. The van der Waals surface area contributed by atoms with Crippen LogP contribution in [-0.4, -0.2) is 30.8 Å². The van der Waals surface area contributed by atoms with E-state index in [4.69, 9.17) is 4.84 Å². The van der Waals surface area contributed by atoms with Crippen LogP contribution in [0.2, 0.25) is 0 Å². The van der Waals surface area contributed by atoms with E-state index in [-0.39, 0.29) is 0 Å². The molecule has 0 aromatic rings. The summed E-state index contributed by atoms with van der Waals surface area (Å²) in [5.41, 5.74) is 2.16. The monoisotopic (exact) mass is 180 g/mol. The van der Waals surface area contributed by atoms with E-state index in [1.165, 1.54) is 5.57 Å². The SMILES string of the molecule is CCON=C(C)C1=CC=CN(C)C1. The number of likely N-dealkylation sites (N-methyl/N-ethyl adjacent to an activating group) is 1. The highest BCUT2D eigenvalue weighted by molar-refractivity contribution is 5.98. The van der Waals surface area contributed by atoms with Crippen molar-refractivity contribution in [2.24, 2.45) is 5.16 Å². The fourth-order valence-corrected chi connectivity index (χ4v) is 1.14. The molecule has 0 atom stereocenters. The first-order chi connectivity index (χ1) is 6.24. The number of nitrogens with zero attached hydrogens (tertiary/aromatic N) is 2. The normalized spacial score (nSPS) is 17.3. The second kappa shape index (κ2) is 4.70. The van der Waals surface area contributed by atoms with E-state index in [0.717, 1.165) is 12.3 Å². The van der Waals surface area contributed by atoms with E-state index in [1.54, 1.807) is 0 Å². The van der Waals surface area contributed by atoms with Crippen LogP contribution in [-0.2, 0) is 4.84 Å². The lowest BCUT2D eigenvalue weighted by atomic mass is 10.1. The molecule has 0 radical (unpaired) electrons. The van der Waals surface area contributed by atoms with Gasteiger partial charge in [-0.1, -0.05) is 11.2 Å². The highest BCUT2D eigenvalue weighted by Gasteiger charge is 2.06. The highest BCUT2D eigenvalue weighted by Crippen LogP contribution is 2.07. The van der Waals surface area contributed by atoms with Crippen LogP contribution < -0.4 is 0 Å². The summed E-state index contributed by atoms with van der Waals surface area (Å²) in [4.78, 5) is 7.10. The van der Waals surface area contributed by atoms with Crippen molar-refractivity contribution < 1.29 is 4.84 Å². The van der Waals surface area contributed by atoms with Crippen molar-refractivity contribution in [1.82, 2.24) is 4.90 Å². The lowest BCUT2D eigenvalue weighted by Gasteiger charge is -2.19. The molecule has 0 spiro atoms. The first kappa shape index (κ1) is 9.84. The highest BCUT2D eigenvalue weighted by atomic mass is 16.6. The summed E-state index contributed by atoms with van der Waals surface area (Å²) in [5.74, 6) is 0. The lowest BCUT2D eigenvalue weighted by molar-refractivity contribution is 0.158. The molecule has 13 heavy (non-hydrogen) atoms. The fraction of sp³-hybridized carbons (Fsp3) is 0.500. The zero-order valence-electron chi connectivity index (χ0n) is 8.45. The van der Waals surface area contributed by atoms with Crippen molar-refractivity contribution in [2.75, 3.05) is 20.2 Å². The van der Waals surface area contributed by atoms with E-state index in [1.807, 2.05) is 33.2 Å². The second-order valence-corrected chi connectivity index (χ2v) is 3.04. The predicted octanol–water partition coefficient (Wildman–Crippen LogP) is 1.78. The van der Waals surface area contributed by atoms with Gasteiger partial charge in [0.25, 0.3) is 0 Å². The number of hydrogen-bond acceptors (Lipinski definition) is 3. The van der Waals surface area contributed by atoms with Crippen LogP contribution in [0.15, 0.2) is 29.1 Å². The molecule has 0 saturated heterocycles. The molecule has 1 aliphatic rings. The molecule has 1 heterocycles. The van der Waals surface area contributed by atoms with Crippen molar-refractivity contribution in [3.63, 3.8) is 0 Å². The van der Waals surface area contributed by atoms with Crippen molar-refractivity contribution in [3.05, 3.63) is 23.9 Å². The van der Waals surface area contributed by atoms with Gasteiger partial charge < -0.3 is 9.74 Å². The molecule has 0 aromatic carbocycles. The summed E-state index contributed by atoms with van der Waals surface area (Å²) in [7, 11) is 2.04. The third kappa shape index (κ3) is 2.93. The Morgan fingerprint density at radius 2 is 2.46 bits per heavy atom. The molecular formula is C10H16N2O. The van der Waals surface area contributed by atoms with Gasteiger partial charge in [-0.2, -0.15) is 0 Å². The summed E-state index contributed by atoms with van der Waals surface area (Å²) >= 11 is 0. The molecule has 0 aliphatic carbocycles. The zero-order valence-corrected chi connectivity index (χ0v) is 8.45. The molecule has 0 saturated carbocycles. The largest absolute Gasteiger partial charge is 0.396 e. The standard InChI is InChI=1S/C10H16N2O/c1-4-13-11-9(2)10-6-5-7-12(3)8-10/h5-7H,4,8H2,1-3H3. The van der Waals surface area contributed by atoms with Crippen LogP contribution >= 0.6 is 0 Å². The van der Waals surface area contributed by atoms with Gasteiger partial charge in [-0.3, -0.25) is 0 Å². The minimum absolute atomic E-state index is 0.621. The van der Waals surface area contributed by atoms with Gasteiger partial charge in [-0.15, -0.1) is 0 Å². The first-order valence-corrected chi connectivity index (χ1v) is 4.48. The number of hydrogen-bond donors (Lipinski definition) is 0. The average Bonchev–Trinajstić information content (AvgIpc) is 2.14. The third-order valence-corrected chi connectivity index (χ3v) is 1.85. The van der Waals surface area contributed by atoms with Gasteiger partial charge in [0.2, 0.25) is 0 Å². The molecule has 0 fully saturated rings. The lowest BCUT2D eigenvalue weighted by Crippen LogP contribution is -2.20. The Hall–Kier alpha value is -1.25. The molecule has 72 valence electrons. The molecule has 3 nitrogen and oxygen atoms in total. The maximum absolute atomic E-state index is 4.99. The summed E-state index contributed by atoms with van der Waals surface area (Å²) < 4.78 is 0. The molecule has 0 N–H and O–H groups in total. The average molecular weight is 180 g/mol. The maximum Gasteiger partial charge on any atom is 0.114 e. The van der Waals surface area contributed by atoms with Gasteiger partial charge in [0.1, 0.15) is 6.61 Å². The Labute approximate surface area is 79.4 Å². The zero-order chi connectivity index (χ0) is 9.68. The second-order valence-electron chi connectivity index (χ2n) is 3.04. The molecule has 0 bridgehead atoms. The van der Waals surface area contributed by atoms with Crippen LogP contribution in [0, 0.1) is 0 Å². The van der Waals surface area contributed by atoms with Gasteiger partial charge in [-0.05, 0) is 31.7 Å². The smallest absolute Gasteiger partial charge is 0.114 e. The molecule has 1 aliphatic heterocycles. The molecule has 0 aromatic heterocycles. The van der Waals surface area contributed by atoms with E-state index in [9.17, 15) is 0 Å². The van der Waals surface area contributed by atoms with Crippen molar-refractivity contribution in [3.8, 4) is 0 Å². The van der Waals surface area contributed by atoms with E-state index in [0.29, 0.717) is 6.61 Å². The van der Waals surface area contributed by atoms with Gasteiger partial charge in [0, 0.05) is 13.6 Å². The minimum atomic E-state index is 0.621. The Kier molecular flexibility index (Phi) is 3.55. The van der Waals surface area contributed by atoms with Crippen molar-refractivity contribution in [2.45, 2.75) is 13.8 Å². The number of oxime groups is 1. The molecule has 0 amide bonds. The molecular weight excluding hydrogens is 164 g/mol. The Morgan fingerprint density at radius 1 is 1.69 bits per heavy atom. The van der Waals surface area contributed by atoms with Crippen LogP contribution in [0.5, 0.6) is 0 Å². The third-order valence-electron chi connectivity index (χ3n) is 1.85. The maximum atomic E-state index is 4.99. The Morgan fingerprint density at radius 3 is 3.08 bits per heavy atom. The summed E-state index contributed by atoms with van der Waals surface area (Å²) in [6, 6.07) is 0. The van der Waals surface area contributed by atoms with Gasteiger partial charge in [0.05, 0.1) is 5.71 Å². The number of rotatable bonds is 3. The van der Waals surface area contributed by atoms with E-state index in [2.05, 4.69) is 16.1 Å². The minimum Gasteiger partial charge on any atom is -0.396 e. The Bertz CT molecular complexity index is 254. The molecule has 1 rings (SSSR count). The fourth-order valence-electron chi connectivity index (χ4n) is 1.14. The topological polar surface area (TPSA) is 24.8 Å². The van der Waals surface area contributed by atoms with E-state index < -0.39 is 0 Å². The predicted molar refractivity (Wildman–Crippen MR) is 54.6 cm³/mol. The van der Waals surface area contributed by atoms with Gasteiger partial charge in [0.15, 0.2) is 0 Å². The van der Waals surface area contributed by atoms with Crippen LogP contribution in [0.1, 0.15) is 13.8 Å². The molecule has 3 heteroatoms. The van der Waals surface area contributed by atoms with Gasteiger partial charge in [-0.25, -0.2) is 0 Å². The van der Waals surface area contributed by atoms with Gasteiger partial charge >= 0.3 is 0 Å². The summed E-state index contributed by atoms with van der Waals surface area (Å²) in [5, 5.41) is 3.99. The summed E-state index contributed by atoms with van der Waals surface area (Å²) in [6.45, 7) is 5.42.